The second-order valence-corrected chi connectivity index (χ2v) is 6.59. The molecule has 20 heavy (non-hydrogen) atoms. The van der Waals surface area contributed by atoms with Crippen molar-refractivity contribution < 1.29 is 9.90 Å². The lowest BCUT2D eigenvalue weighted by atomic mass is 9.98. The first kappa shape index (κ1) is 17.2. The van der Waals surface area contributed by atoms with E-state index in [9.17, 15) is 4.79 Å². The highest BCUT2D eigenvalue weighted by molar-refractivity contribution is 5.74. The Hall–Kier alpha value is -0.810. The number of likely N-dealkylation sites (tertiary alicyclic amines) is 1. The van der Waals surface area contributed by atoms with Crippen LogP contribution in [0.5, 0.6) is 0 Å². The maximum Gasteiger partial charge on any atom is 0.317 e. The predicted octanol–water partition coefficient (Wildman–Crippen LogP) is 1.66. The molecule has 2 amide bonds. The zero-order valence-electron chi connectivity index (χ0n) is 13.5. The summed E-state index contributed by atoms with van der Waals surface area (Å²) in [4.78, 5) is 16.3. The van der Waals surface area contributed by atoms with Crippen molar-refractivity contribution >= 4 is 6.03 Å². The van der Waals surface area contributed by atoms with Crippen LogP contribution in [0, 0.1) is 0 Å². The van der Waals surface area contributed by atoms with Gasteiger partial charge in [-0.15, -0.1) is 0 Å². The Morgan fingerprint density at radius 2 is 1.90 bits per heavy atom. The molecule has 0 aliphatic carbocycles. The summed E-state index contributed by atoms with van der Waals surface area (Å²) in [6.07, 6.45) is 2.92. The van der Waals surface area contributed by atoms with Gasteiger partial charge < -0.3 is 15.3 Å². The monoisotopic (exact) mass is 285 g/mol. The van der Waals surface area contributed by atoms with Crippen molar-refractivity contribution in [2.45, 2.75) is 58.5 Å². The molecule has 0 bridgehead atoms. The van der Waals surface area contributed by atoms with Gasteiger partial charge in [-0.3, -0.25) is 4.90 Å². The van der Waals surface area contributed by atoms with Crippen LogP contribution in [0.15, 0.2) is 0 Å². The molecule has 0 aromatic carbocycles. The smallest absolute Gasteiger partial charge is 0.317 e. The van der Waals surface area contributed by atoms with E-state index in [1.165, 1.54) is 0 Å². The van der Waals surface area contributed by atoms with Crippen LogP contribution in [-0.4, -0.2) is 65.3 Å². The van der Waals surface area contributed by atoms with Gasteiger partial charge in [0.1, 0.15) is 0 Å². The number of urea groups is 1. The van der Waals surface area contributed by atoms with Gasteiger partial charge in [-0.25, -0.2) is 4.79 Å². The van der Waals surface area contributed by atoms with Gasteiger partial charge in [0, 0.05) is 37.8 Å². The van der Waals surface area contributed by atoms with Gasteiger partial charge in [0.2, 0.25) is 0 Å². The van der Waals surface area contributed by atoms with Crippen molar-refractivity contribution in [2.75, 3.05) is 32.8 Å². The number of piperidine rings is 1. The Morgan fingerprint density at radius 3 is 2.35 bits per heavy atom. The Balaban J connectivity index is 2.40. The van der Waals surface area contributed by atoms with E-state index in [1.807, 2.05) is 6.92 Å². The molecule has 1 fully saturated rings. The Kier molecular flexibility index (Phi) is 6.76. The van der Waals surface area contributed by atoms with E-state index in [4.69, 9.17) is 5.11 Å². The lowest BCUT2D eigenvalue weighted by Crippen LogP contribution is -2.53. The van der Waals surface area contributed by atoms with Crippen molar-refractivity contribution in [3.8, 4) is 0 Å². The molecule has 1 heterocycles. The van der Waals surface area contributed by atoms with E-state index in [0.717, 1.165) is 32.4 Å². The SMILES string of the molecule is CCCN(CCO)C(=O)NC1CCN(C(C)(C)C)CC1. The van der Waals surface area contributed by atoms with Crippen LogP contribution >= 0.6 is 0 Å². The molecule has 118 valence electrons. The van der Waals surface area contributed by atoms with E-state index in [2.05, 4.69) is 31.0 Å². The number of hydrogen-bond donors (Lipinski definition) is 2. The lowest BCUT2D eigenvalue weighted by molar-refractivity contribution is 0.0953. The molecular formula is C15H31N3O2. The largest absolute Gasteiger partial charge is 0.395 e. The number of nitrogens with one attached hydrogen (secondary N) is 1. The molecule has 1 saturated heterocycles. The van der Waals surface area contributed by atoms with E-state index >= 15 is 0 Å². The molecule has 2 N–H and O–H groups in total. The number of amides is 2. The van der Waals surface area contributed by atoms with Crippen molar-refractivity contribution in [1.29, 1.82) is 0 Å². The summed E-state index contributed by atoms with van der Waals surface area (Å²) in [7, 11) is 0. The normalized spacial score (nSPS) is 18.1. The molecule has 0 aromatic rings. The first-order valence-electron chi connectivity index (χ1n) is 7.79. The fourth-order valence-corrected chi connectivity index (χ4v) is 2.67. The molecule has 5 nitrogen and oxygen atoms in total. The van der Waals surface area contributed by atoms with Crippen LogP contribution in [0.3, 0.4) is 0 Å². The van der Waals surface area contributed by atoms with Gasteiger partial charge in [0.25, 0.3) is 0 Å². The third-order valence-corrected chi connectivity index (χ3v) is 3.92. The summed E-state index contributed by atoms with van der Waals surface area (Å²) in [5, 5.41) is 12.1. The average molecular weight is 285 g/mol. The molecule has 1 aliphatic heterocycles. The van der Waals surface area contributed by atoms with E-state index < -0.39 is 0 Å². The van der Waals surface area contributed by atoms with Crippen LogP contribution in [0.1, 0.15) is 47.0 Å². The number of carbonyl (C=O) groups excluding carboxylic acids is 1. The molecule has 1 aliphatic rings. The highest BCUT2D eigenvalue weighted by Crippen LogP contribution is 2.20. The zero-order chi connectivity index (χ0) is 15.2. The van der Waals surface area contributed by atoms with Crippen LogP contribution in [-0.2, 0) is 0 Å². The molecular weight excluding hydrogens is 254 g/mol. The number of nitrogens with zero attached hydrogens (tertiary/aromatic N) is 2. The van der Waals surface area contributed by atoms with Crippen molar-refractivity contribution in [3.63, 3.8) is 0 Å². The molecule has 1 rings (SSSR count). The van der Waals surface area contributed by atoms with Crippen molar-refractivity contribution in [1.82, 2.24) is 15.1 Å². The molecule has 0 unspecified atom stereocenters. The summed E-state index contributed by atoms with van der Waals surface area (Å²) in [6, 6.07) is 0.231. The number of hydrogen-bond acceptors (Lipinski definition) is 3. The maximum absolute atomic E-state index is 12.2. The zero-order valence-corrected chi connectivity index (χ0v) is 13.5. The minimum absolute atomic E-state index is 0.0237. The third kappa shape index (κ3) is 5.29. The van der Waals surface area contributed by atoms with E-state index in [1.54, 1.807) is 4.90 Å². The molecule has 0 radical (unpaired) electrons. The van der Waals surface area contributed by atoms with Gasteiger partial charge >= 0.3 is 6.03 Å². The van der Waals surface area contributed by atoms with Crippen LogP contribution in [0.2, 0.25) is 0 Å². The molecule has 0 atom stereocenters. The Bertz CT molecular complexity index is 288. The minimum atomic E-state index is -0.0323. The predicted molar refractivity (Wildman–Crippen MR) is 81.8 cm³/mol. The summed E-state index contributed by atoms with van der Waals surface area (Å²) in [5.74, 6) is 0. The van der Waals surface area contributed by atoms with Gasteiger partial charge in [-0.1, -0.05) is 6.92 Å². The summed E-state index contributed by atoms with van der Waals surface area (Å²) < 4.78 is 0. The van der Waals surface area contributed by atoms with E-state index in [-0.39, 0.29) is 24.2 Å². The number of aliphatic hydroxyl groups is 1. The molecule has 5 heteroatoms. The number of rotatable bonds is 5. The van der Waals surface area contributed by atoms with Gasteiger partial charge in [-0.2, -0.15) is 0 Å². The standard InChI is InChI=1S/C15H31N3O2/c1-5-8-17(11-12-19)14(20)16-13-6-9-18(10-7-13)15(2,3)4/h13,19H,5-12H2,1-4H3,(H,16,20). The average Bonchev–Trinajstić information content (AvgIpc) is 2.38. The second kappa shape index (κ2) is 7.84. The third-order valence-electron chi connectivity index (χ3n) is 3.92. The summed E-state index contributed by atoms with van der Waals surface area (Å²) in [5.41, 5.74) is 0.208. The molecule has 0 saturated carbocycles. The van der Waals surface area contributed by atoms with Crippen LogP contribution in [0.4, 0.5) is 4.79 Å². The Labute approximate surface area is 123 Å². The molecule has 0 spiro atoms. The number of aliphatic hydroxyl groups excluding tert-OH is 1. The van der Waals surface area contributed by atoms with Crippen molar-refractivity contribution in [3.05, 3.63) is 0 Å². The van der Waals surface area contributed by atoms with Crippen LogP contribution < -0.4 is 5.32 Å². The lowest BCUT2D eigenvalue weighted by Gasteiger charge is -2.41. The second-order valence-electron chi connectivity index (χ2n) is 6.59. The van der Waals surface area contributed by atoms with E-state index in [0.29, 0.717) is 13.1 Å². The first-order valence-corrected chi connectivity index (χ1v) is 7.79. The van der Waals surface area contributed by atoms with Gasteiger partial charge in [0.05, 0.1) is 6.61 Å². The topological polar surface area (TPSA) is 55.8 Å². The highest BCUT2D eigenvalue weighted by atomic mass is 16.3. The quantitative estimate of drug-likeness (QED) is 0.808. The van der Waals surface area contributed by atoms with Crippen molar-refractivity contribution in [2.24, 2.45) is 0 Å². The fraction of sp³-hybridized carbons (Fsp3) is 0.933. The number of carbonyl (C=O) groups is 1. The first-order chi connectivity index (χ1) is 9.38. The van der Waals surface area contributed by atoms with Gasteiger partial charge in [-0.05, 0) is 40.0 Å². The van der Waals surface area contributed by atoms with Crippen LogP contribution in [0.25, 0.3) is 0 Å². The maximum atomic E-state index is 12.2. The molecule has 0 aromatic heterocycles. The van der Waals surface area contributed by atoms with Gasteiger partial charge in [0.15, 0.2) is 0 Å². The minimum Gasteiger partial charge on any atom is -0.395 e. The summed E-state index contributed by atoms with van der Waals surface area (Å²) in [6.45, 7) is 11.9. The summed E-state index contributed by atoms with van der Waals surface area (Å²) >= 11 is 0. The fourth-order valence-electron chi connectivity index (χ4n) is 2.67. The Morgan fingerprint density at radius 1 is 1.30 bits per heavy atom. The highest BCUT2D eigenvalue weighted by Gasteiger charge is 2.28.